The Morgan fingerprint density at radius 1 is 1.33 bits per heavy atom. The van der Waals surface area contributed by atoms with E-state index in [1.807, 2.05) is 0 Å². The van der Waals surface area contributed by atoms with Crippen LogP contribution in [0.3, 0.4) is 0 Å². The van der Waals surface area contributed by atoms with Gasteiger partial charge in [-0.3, -0.25) is 9.59 Å². The number of nitrogens with one attached hydrogen (secondary N) is 2. The largest absolute Gasteiger partial charge is 0.385 e. The Hall–Kier alpha value is -1.14. The molecule has 0 bridgehead atoms. The molecule has 0 atom stereocenters. The highest BCUT2D eigenvalue weighted by Crippen LogP contribution is 1.77. The summed E-state index contributed by atoms with van der Waals surface area (Å²) in [5.74, 6) is -0.460. The highest BCUT2D eigenvalue weighted by Gasteiger charge is 1.99. The number of carbonyl (C=O) groups excluding carboxylic acids is 2. The fourth-order valence-corrected chi connectivity index (χ4v) is 0.920. The summed E-state index contributed by atoms with van der Waals surface area (Å²) in [7, 11) is 1.62. The lowest BCUT2D eigenvalue weighted by Crippen LogP contribution is -2.35. The Labute approximate surface area is 89.5 Å². The second-order valence-corrected chi connectivity index (χ2v) is 3.09. The topological polar surface area (TPSA) is 93.4 Å². The number of hydrogen-bond donors (Lipinski definition) is 3. The highest BCUT2D eigenvalue weighted by atomic mass is 16.5. The van der Waals surface area contributed by atoms with E-state index in [0.29, 0.717) is 19.7 Å². The van der Waals surface area contributed by atoms with Crippen molar-refractivity contribution in [1.82, 2.24) is 10.6 Å². The van der Waals surface area contributed by atoms with Crippen molar-refractivity contribution in [2.75, 3.05) is 33.4 Å². The Kier molecular flexibility index (Phi) is 8.70. The average molecular weight is 217 g/mol. The first-order chi connectivity index (χ1) is 7.16. The molecule has 0 rings (SSSR count). The van der Waals surface area contributed by atoms with Crippen molar-refractivity contribution in [3.05, 3.63) is 0 Å². The fourth-order valence-electron chi connectivity index (χ4n) is 0.920. The van der Waals surface area contributed by atoms with Gasteiger partial charge < -0.3 is 21.1 Å². The number of amides is 2. The number of hydrogen-bond acceptors (Lipinski definition) is 4. The van der Waals surface area contributed by atoms with Gasteiger partial charge in [0.2, 0.25) is 11.8 Å². The second-order valence-electron chi connectivity index (χ2n) is 3.09. The predicted octanol–water partition coefficient (Wildman–Crippen LogP) is -1.40. The molecule has 0 aromatic heterocycles. The minimum atomic E-state index is -0.372. The second kappa shape index (κ2) is 9.42. The lowest BCUT2D eigenvalue weighted by Gasteiger charge is -2.05. The van der Waals surface area contributed by atoms with Crippen molar-refractivity contribution in [2.24, 2.45) is 5.73 Å². The van der Waals surface area contributed by atoms with Crippen molar-refractivity contribution >= 4 is 11.8 Å². The SMILES string of the molecule is COCCCNC(=O)CNCCC(N)=O. The summed E-state index contributed by atoms with van der Waals surface area (Å²) in [4.78, 5) is 21.5. The van der Waals surface area contributed by atoms with Crippen LogP contribution in [0.2, 0.25) is 0 Å². The Morgan fingerprint density at radius 2 is 2.07 bits per heavy atom. The number of carbonyl (C=O) groups is 2. The predicted molar refractivity (Wildman–Crippen MR) is 56.2 cm³/mol. The monoisotopic (exact) mass is 217 g/mol. The zero-order valence-electron chi connectivity index (χ0n) is 9.04. The highest BCUT2D eigenvalue weighted by molar-refractivity contribution is 5.78. The van der Waals surface area contributed by atoms with Crippen LogP contribution < -0.4 is 16.4 Å². The number of ether oxygens (including phenoxy) is 1. The van der Waals surface area contributed by atoms with Gasteiger partial charge in [0, 0.05) is 33.2 Å². The van der Waals surface area contributed by atoms with E-state index < -0.39 is 0 Å². The van der Waals surface area contributed by atoms with Crippen LogP contribution >= 0.6 is 0 Å². The lowest BCUT2D eigenvalue weighted by molar-refractivity contribution is -0.121. The summed E-state index contributed by atoms with van der Waals surface area (Å²) in [6, 6.07) is 0. The zero-order valence-corrected chi connectivity index (χ0v) is 9.04. The van der Waals surface area contributed by atoms with Gasteiger partial charge in [0.15, 0.2) is 0 Å². The van der Waals surface area contributed by atoms with Crippen molar-refractivity contribution < 1.29 is 14.3 Å². The normalized spacial score (nSPS) is 9.93. The summed E-state index contributed by atoms with van der Waals surface area (Å²) in [5.41, 5.74) is 4.93. The van der Waals surface area contributed by atoms with Crippen LogP contribution in [0, 0.1) is 0 Å². The minimum absolute atomic E-state index is 0.0874. The van der Waals surface area contributed by atoms with E-state index in [0.717, 1.165) is 6.42 Å². The van der Waals surface area contributed by atoms with E-state index in [1.165, 1.54) is 0 Å². The van der Waals surface area contributed by atoms with E-state index in [1.54, 1.807) is 7.11 Å². The molecular weight excluding hydrogens is 198 g/mol. The molecule has 0 unspecified atom stereocenters. The molecule has 6 nitrogen and oxygen atoms in total. The molecule has 0 fully saturated rings. The zero-order chi connectivity index (χ0) is 11.5. The van der Waals surface area contributed by atoms with E-state index in [9.17, 15) is 9.59 Å². The fraction of sp³-hybridized carbons (Fsp3) is 0.778. The van der Waals surface area contributed by atoms with Crippen molar-refractivity contribution in [3.8, 4) is 0 Å². The van der Waals surface area contributed by atoms with E-state index >= 15 is 0 Å². The first kappa shape index (κ1) is 13.9. The van der Waals surface area contributed by atoms with Gasteiger partial charge in [-0.05, 0) is 6.42 Å². The third-order valence-electron chi connectivity index (χ3n) is 1.68. The maximum Gasteiger partial charge on any atom is 0.233 e. The summed E-state index contributed by atoms with van der Waals surface area (Å²) in [6.45, 7) is 1.88. The molecule has 2 amide bonds. The van der Waals surface area contributed by atoms with Crippen LogP contribution in [0.1, 0.15) is 12.8 Å². The summed E-state index contributed by atoms with van der Waals surface area (Å²) in [5, 5.41) is 5.52. The molecule has 0 aliphatic heterocycles. The molecule has 0 heterocycles. The lowest BCUT2D eigenvalue weighted by atomic mass is 10.4. The summed E-state index contributed by atoms with van der Waals surface area (Å²) in [6.07, 6.45) is 1.04. The van der Waals surface area contributed by atoms with Gasteiger partial charge in [-0.2, -0.15) is 0 Å². The maximum absolute atomic E-state index is 11.1. The quantitative estimate of drug-likeness (QED) is 0.414. The molecule has 0 saturated carbocycles. The standard InChI is InChI=1S/C9H19N3O3/c1-15-6-2-4-12-9(14)7-11-5-3-8(10)13/h11H,2-7H2,1H3,(H2,10,13)(H,12,14). The molecular formula is C9H19N3O3. The van der Waals surface area contributed by atoms with E-state index in [2.05, 4.69) is 10.6 Å². The van der Waals surface area contributed by atoms with Gasteiger partial charge in [0.25, 0.3) is 0 Å². The number of primary amides is 1. The van der Waals surface area contributed by atoms with Gasteiger partial charge in [0.05, 0.1) is 6.54 Å². The number of nitrogens with two attached hydrogens (primary N) is 1. The average Bonchev–Trinajstić information content (AvgIpc) is 2.19. The van der Waals surface area contributed by atoms with Gasteiger partial charge in [-0.1, -0.05) is 0 Å². The molecule has 0 aliphatic rings. The number of rotatable bonds is 9. The molecule has 4 N–H and O–H groups in total. The van der Waals surface area contributed by atoms with Gasteiger partial charge in [-0.25, -0.2) is 0 Å². The van der Waals surface area contributed by atoms with Crippen LogP contribution in [0.5, 0.6) is 0 Å². The van der Waals surface area contributed by atoms with Crippen LogP contribution in [0.4, 0.5) is 0 Å². The molecule has 0 aromatic carbocycles. The maximum atomic E-state index is 11.1. The Bertz CT molecular complexity index is 197. The van der Waals surface area contributed by atoms with Crippen LogP contribution in [-0.2, 0) is 14.3 Å². The van der Waals surface area contributed by atoms with E-state index in [-0.39, 0.29) is 24.8 Å². The molecule has 0 spiro atoms. The van der Waals surface area contributed by atoms with Crippen molar-refractivity contribution in [3.63, 3.8) is 0 Å². The minimum Gasteiger partial charge on any atom is -0.385 e. The van der Waals surface area contributed by atoms with Crippen molar-refractivity contribution in [1.29, 1.82) is 0 Å². The van der Waals surface area contributed by atoms with Crippen LogP contribution in [0.15, 0.2) is 0 Å². The molecule has 6 heteroatoms. The molecule has 0 saturated heterocycles. The van der Waals surface area contributed by atoms with Crippen LogP contribution in [0.25, 0.3) is 0 Å². The van der Waals surface area contributed by atoms with Gasteiger partial charge in [0.1, 0.15) is 0 Å². The van der Waals surface area contributed by atoms with Crippen LogP contribution in [-0.4, -0.2) is 45.2 Å². The van der Waals surface area contributed by atoms with Gasteiger partial charge in [-0.15, -0.1) is 0 Å². The molecule has 0 aromatic rings. The Balaban J connectivity index is 3.22. The first-order valence-electron chi connectivity index (χ1n) is 4.91. The smallest absolute Gasteiger partial charge is 0.233 e. The molecule has 88 valence electrons. The molecule has 15 heavy (non-hydrogen) atoms. The third kappa shape index (κ3) is 10.8. The summed E-state index contributed by atoms with van der Waals surface area (Å²) < 4.78 is 4.83. The van der Waals surface area contributed by atoms with E-state index in [4.69, 9.17) is 10.5 Å². The van der Waals surface area contributed by atoms with Gasteiger partial charge >= 0.3 is 0 Å². The Morgan fingerprint density at radius 3 is 2.67 bits per heavy atom. The first-order valence-corrected chi connectivity index (χ1v) is 4.91. The molecule has 0 aliphatic carbocycles. The molecule has 0 radical (unpaired) electrons. The number of methoxy groups -OCH3 is 1. The van der Waals surface area contributed by atoms with Crippen molar-refractivity contribution in [2.45, 2.75) is 12.8 Å². The third-order valence-corrected chi connectivity index (χ3v) is 1.68. The summed E-state index contributed by atoms with van der Waals surface area (Å²) >= 11 is 0.